The van der Waals surface area contributed by atoms with Gasteiger partial charge >= 0.3 is 0 Å². The second-order valence-corrected chi connectivity index (χ2v) is 4.63. The lowest BCUT2D eigenvalue weighted by atomic mass is 10.1. The van der Waals surface area contributed by atoms with Gasteiger partial charge in [-0.15, -0.1) is 11.8 Å². The van der Waals surface area contributed by atoms with E-state index in [2.05, 4.69) is 46.8 Å². The van der Waals surface area contributed by atoms with E-state index in [0.29, 0.717) is 0 Å². The minimum absolute atomic E-state index is 0.990. The minimum Gasteiger partial charge on any atom is -0.361 e. The van der Waals surface area contributed by atoms with Crippen LogP contribution in [0.1, 0.15) is 11.1 Å². The SMILES string of the molecule is c1ccc(Cc2c[nH]c3c2SCN3)cc1. The number of fused-ring (bicyclic) bond motifs is 1. The van der Waals surface area contributed by atoms with Crippen molar-refractivity contribution in [1.29, 1.82) is 0 Å². The van der Waals surface area contributed by atoms with Crippen molar-refractivity contribution in [2.24, 2.45) is 0 Å². The van der Waals surface area contributed by atoms with Gasteiger partial charge in [-0.05, 0) is 11.1 Å². The Morgan fingerprint density at radius 3 is 2.93 bits per heavy atom. The van der Waals surface area contributed by atoms with E-state index >= 15 is 0 Å². The smallest absolute Gasteiger partial charge is 0.118 e. The fourth-order valence-electron chi connectivity index (χ4n) is 1.87. The molecule has 0 atom stereocenters. The predicted molar refractivity (Wildman–Crippen MR) is 64.4 cm³/mol. The summed E-state index contributed by atoms with van der Waals surface area (Å²) in [5.74, 6) is 2.18. The highest BCUT2D eigenvalue weighted by Crippen LogP contribution is 2.36. The summed E-state index contributed by atoms with van der Waals surface area (Å²) in [5, 5.41) is 3.31. The molecular weight excluding hydrogens is 204 g/mol. The molecule has 2 heterocycles. The van der Waals surface area contributed by atoms with Gasteiger partial charge in [0.25, 0.3) is 0 Å². The Labute approximate surface area is 93.1 Å². The molecule has 0 saturated carbocycles. The number of rotatable bonds is 2. The third-order valence-corrected chi connectivity index (χ3v) is 3.66. The predicted octanol–water partition coefficient (Wildman–Crippen LogP) is 3.08. The van der Waals surface area contributed by atoms with Gasteiger partial charge in [0.1, 0.15) is 5.82 Å². The second kappa shape index (κ2) is 3.66. The number of nitrogens with one attached hydrogen (secondary N) is 2. The highest BCUT2D eigenvalue weighted by atomic mass is 32.2. The lowest BCUT2D eigenvalue weighted by molar-refractivity contribution is 1.16. The van der Waals surface area contributed by atoms with E-state index in [1.165, 1.54) is 21.8 Å². The fourth-order valence-corrected chi connectivity index (χ4v) is 2.83. The molecule has 1 aliphatic heterocycles. The van der Waals surface area contributed by atoms with Crippen LogP contribution in [0.25, 0.3) is 0 Å². The van der Waals surface area contributed by atoms with E-state index in [4.69, 9.17) is 0 Å². The van der Waals surface area contributed by atoms with Crippen LogP contribution >= 0.6 is 11.8 Å². The molecule has 0 spiro atoms. The van der Waals surface area contributed by atoms with Gasteiger partial charge in [0.2, 0.25) is 0 Å². The van der Waals surface area contributed by atoms with Gasteiger partial charge in [-0.25, -0.2) is 0 Å². The Balaban J connectivity index is 1.89. The lowest BCUT2D eigenvalue weighted by Crippen LogP contribution is -1.88. The average Bonchev–Trinajstić information content (AvgIpc) is 2.85. The van der Waals surface area contributed by atoms with Crippen molar-refractivity contribution in [1.82, 2.24) is 4.98 Å². The third kappa shape index (κ3) is 1.63. The van der Waals surface area contributed by atoms with Crippen molar-refractivity contribution in [3.05, 3.63) is 47.7 Å². The van der Waals surface area contributed by atoms with Gasteiger partial charge in [0, 0.05) is 12.6 Å². The number of hydrogen-bond acceptors (Lipinski definition) is 2. The molecule has 76 valence electrons. The van der Waals surface area contributed by atoms with Crippen molar-refractivity contribution >= 4 is 17.6 Å². The molecule has 0 radical (unpaired) electrons. The minimum atomic E-state index is 0.990. The van der Waals surface area contributed by atoms with Crippen molar-refractivity contribution in [3.8, 4) is 0 Å². The average molecular weight is 216 g/mol. The van der Waals surface area contributed by atoms with Crippen LogP contribution in [0.5, 0.6) is 0 Å². The van der Waals surface area contributed by atoms with Crippen LogP contribution in [0, 0.1) is 0 Å². The van der Waals surface area contributed by atoms with E-state index in [0.717, 1.165) is 12.3 Å². The largest absolute Gasteiger partial charge is 0.361 e. The third-order valence-electron chi connectivity index (χ3n) is 2.61. The maximum atomic E-state index is 3.31. The van der Waals surface area contributed by atoms with E-state index < -0.39 is 0 Å². The van der Waals surface area contributed by atoms with Crippen molar-refractivity contribution in [3.63, 3.8) is 0 Å². The molecule has 0 aliphatic carbocycles. The van der Waals surface area contributed by atoms with Crippen LogP contribution in [0.15, 0.2) is 41.4 Å². The number of benzene rings is 1. The van der Waals surface area contributed by atoms with Gasteiger partial charge in [-0.2, -0.15) is 0 Å². The molecule has 0 saturated heterocycles. The standard InChI is InChI=1S/C12H12N2S/c1-2-4-9(5-3-1)6-10-7-13-12-11(10)15-8-14-12/h1-5,7,13-14H,6,8H2. The molecule has 1 aromatic carbocycles. The summed E-state index contributed by atoms with van der Waals surface area (Å²) in [6.07, 6.45) is 3.12. The molecule has 0 unspecified atom stereocenters. The number of anilines is 1. The van der Waals surface area contributed by atoms with Crippen LogP contribution in [-0.4, -0.2) is 10.9 Å². The number of thioether (sulfide) groups is 1. The summed E-state index contributed by atoms with van der Waals surface area (Å²) in [5.41, 5.74) is 2.76. The zero-order valence-corrected chi connectivity index (χ0v) is 9.10. The summed E-state index contributed by atoms with van der Waals surface area (Å²) in [7, 11) is 0. The van der Waals surface area contributed by atoms with E-state index in [9.17, 15) is 0 Å². The molecule has 2 N–H and O–H groups in total. The fraction of sp³-hybridized carbons (Fsp3) is 0.167. The van der Waals surface area contributed by atoms with Crippen molar-refractivity contribution < 1.29 is 0 Å². The highest BCUT2D eigenvalue weighted by molar-refractivity contribution is 8.00. The highest BCUT2D eigenvalue weighted by Gasteiger charge is 2.16. The maximum Gasteiger partial charge on any atom is 0.118 e. The van der Waals surface area contributed by atoms with Gasteiger partial charge < -0.3 is 10.3 Å². The van der Waals surface area contributed by atoms with Crippen LogP contribution in [-0.2, 0) is 6.42 Å². The van der Waals surface area contributed by atoms with Gasteiger partial charge in [0.05, 0.1) is 10.8 Å². The Morgan fingerprint density at radius 2 is 2.07 bits per heavy atom. The summed E-state index contributed by atoms with van der Waals surface area (Å²) in [6.45, 7) is 0. The van der Waals surface area contributed by atoms with Crippen LogP contribution in [0.2, 0.25) is 0 Å². The van der Waals surface area contributed by atoms with Gasteiger partial charge in [-0.1, -0.05) is 30.3 Å². The quantitative estimate of drug-likeness (QED) is 0.807. The molecule has 2 nitrogen and oxygen atoms in total. The topological polar surface area (TPSA) is 27.8 Å². The molecule has 2 aromatic rings. The Morgan fingerprint density at radius 1 is 1.20 bits per heavy atom. The van der Waals surface area contributed by atoms with Crippen LogP contribution in [0.3, 0.4) is 0 Å². The lowest BCUT2D eigenvalue weighted by Gasteiger charge is -2.00. The Hall–Kier alpha value is -1.35. The summed E-state index contributed by atoms with van der Waals surface area (Å²) >= 11 is 1.88. The first-order valence-corrected chi connectivity index (χ1v) is 6.03. The van der Waals surface area contributed by atoms with E-state index in [1.54, 1.807) is 0 Å². The summed E-state index contributed by atoms with van der Waals surface area (Å²) in [4.78, 5) is 4.66. The second-order valence-electron chi connectivity index (χ2n) is 3.65. The Kier molecular flexibility index (Phi) is 2.18. The van der Waals surface area contributed by atoms with Crippen molar-refractivity contribution in [2.75, 3.05) is 11.2 Å². The molecule has 3 heteroatoms. The van der Waals surface area contributed by atoms with E-state index in [-0.39, 0.29) is 0 Å². The number of H-pyrrole nitrogens is 1. The number of hydrogen-bond donors (Lipinski definition) is 2. The first kappa shape index (κ1) is 8.92. The summed E-state index contributed by atoms with van der Waals surface area (Å²) in [6, 6.07) is 10.6. The monoisotopic (exact) mass is 216 g/mol. The molecule has 0 amide bonds. The zero-order chi connectivity index (χ0) is 10.1. The van der Waals surface area contributed by atoms with Crippen LogP contribution < -0.4 is 5.32 Å². The first-order valence-electron chi connectivity index (χ1n) is 5.04. The molecular formula is C12H12N2S. The van der Waals surface area contributed by atoms with Crippen molar-refractivity contribution in [2.45, 2.75) is 11.3 Å². The molecule has 1 aromatic heterocycles. The molecule has 0 fully saturated rings. The first-order chi connectivity index (χ1) is 7.43. The zero-order valence-electron chi connectivity index (χ0n) is 8.29. The summed E-state index contributed by atoms with van der Waals surface area (Å²) < 4.78 is 0. The van der Waals surface area contributed by atoms with E-state index in [1.807, 2.05) is 11.8 Å². The number of aromatic nitrogens is 1. The number of aromatic amines is 1. The Bertz CT molecular complexity index is 462. The molecule has 3 rings (SSSR count). The van der Waals surface area contributed by atoms with Gasteiger partial charge in [-0.3, -0.25) is 0 Å². The molecule has 0 bridgehead atoms. The van der Waals surface area contributed by atoms with Crippen LogP contribution in [0.4, 0.5) is 5.82 Å². The normalized spacial score (nSPS) is 13.6. The molecule has 15 heavy (non-hydrogen) atoms. The maximum absolute atomic E-state index is 3.31. The molecule has 1 aliphatic rings. The van der Waals surface area contributed by atoms with Gasteiger partial charge in [0.15, 0.2) is 0 Å².